The number of aryl methyl sites for hydroxylation is 2. The number of hydrogen-bond donors (Lipinski definition) is 1. The van der Waals surface area contributed by atoms with Gasteiger partial charge in [-0.1, -0.05) is 35.9 Å². The molecule has 0 unspecified atom stereocenters. The second kappa shape index (κ2) is 8.25. The van der Waals surface area contributed by atoms with Gasteiger partial charge in [-0.25, -0.2) is 9.97 Å². The third-order valence-electron chi connectivity index (χ3n) is 4.93. The number of rotatable bonds is 5. The molecule has 1 saturated heterocycles. The van der Waals surface area contributed by atoms with Gasteiger partial charge in [-0.2, -0.15) is 4.98 Å². The lowest BCUT2D eigenvalue weighted by Crippen LogP contribution is -2.47. The van der Waals surface area contributed by atoms with Crippen molar-refractivity contribution in [1.29, 1.82) is 0 Å². The highest BCUT2D eigenvalue weighted by atomic mass is 15.3. The zero-order valence-electron chi connectivity index (χ0n) is 16.5. The molecule has 0 saturated carbocycles. The standard InChI is InChI=1S/C22H26N6/c1-17-6-5-7-19(14-17)16-24-20-15-18(2)25-22(26-20)28-12-10-27(11-13-28)21-8-3-4-9-23-21/h3-9,14-15H,10-13,16H2,1-2H3,(H,24,25,26). The monoisotopic (exact) mass is 374 g/mol. The molecule has 144 valence electrons. The Morgan fingerprint density at radius 3 is 2.46 bits per heavy atom. The first-order valence-corrected chi connectivity index (χ1v) is 9.73. The summed E-state index contributed by atoms with van der Waals surface area (Å²) in [4.78, 5) is 18.4. The van der Waals surface area contributed by atoms with Crippen molar-refractivity contribution in [2.45, 2.75) is 20.4 Å². The van der Waals surface area contributed by atoms with Gasteiger partial charge < -0.3 is 15.1 Å². The number of nitrogens with one attached hydrogen (secondary N) is 1. The molecule has 1 fully saturated rings. The molecule has 0 amide bonds. The Balaban J connectivity index is 1.41. The molecule has 4 rings (SSSR count). The average molecular weight is 374 g/mol. The number of benzene rings is 1. The summed E-state index contributed by atoms with van der Waals surface area (Å²) in [7, 11) is 0. The zero-order chi connectivity index (χ0) is 19.3. The van der Waals surface area contributed by atoms with Gasteiger partial charge in [0.25, 0.3) is 0 Å². The zero-order valence-corrected chi connectivity index (χ0v) is 16.5. The van der Waals surface area contributed by atoms with Crippen LogP contribution >= 0.6 is 0 Å². The molecule has 1 aliphatic rings. The lowest BCUT2D eigenvalue weighted by Gasteiger charge is -2.35. The van der Waals surface area contributed by atoms with E-state index in [1.807, 2.05) is 31.3 Å². The summed E-state index contributed by atoms with van der Waals surface area (Å²) < 4.78 is 0. The molecule has 0 radical (unpaired) electrons. The summed E-state index contributed by atoms with van der Waals surface area (Å²) in [5.41, 5.74) is 3.50. The average Bonchev–Trinajstić information content (AvgIpc) is 2.73. The minimum Gasteiger partial charge on any atom is -0.366 e. The predicted octanol–water partition coefficient (Wildman–Crippen LogP) is 3.43. The molecule has 28 heavy (non-hydrogen) atoms. The number of anilines is 3. The number of aromatic nitrogens is 3. The van der Waals surface area contributed by atoms with Crippen molar-refractivity contribution in [3.8, 4) is 0 Å². The first-order valence-electron chi connectivity index (χ1n) is 9.73. The minimum absolute atomic E-state index is 0.755. The van der Waals surface area contributed by atoms with Crippen molar-refractivity contribution in [3.63, 3.8) is 0 Å². The van der Waals surface area contributed by atoms with E-state index in [2.05, 4.69) is 62.3 Å². The summed E-state index contributed by atoms with van der Waals surface area (Å²) in [5.74, 6) is 2.70. The van der Waals surface area contributed by atoms with E-state index in [1.165, 1.54) is 11.1 Å². The minimum atomic E-state index is 0.755. The molecule has 3 heterocycles. The first kappa shape index (κ1) is 18.2. The van der Waals surface area contributed by atoms with Gasteiger partial charge >= 0.3 is 0 Å². The Hall–Kier alpha value is -3.15. The summed E-state index contributed by atoms with van der Waals surface area (Å²) in [6.45, 7) is 8.49. The van der Waals surface area contributed by atoms with Crippen LogP contribution in [0.15, 0.2) is 54.7 Å². The van der Waals surface area contributed by atoms with E-state index < -0.39 is 0 Å². The van der Waals surface area contributed by atoms with Crippen LogP contribution in [-0.4, -0.2) is 41.1 Å². The number of piperazine rings is 1. The fourth-order valence-corrected chi connectivity index (χ4v) is 3.48. The quantitative estimate of drug-likeness (QED) is 0.738. The molecule has 0 spiro atoms. The van der Waals surface area contributed by atoms with Crippen LogP contribution in [0, 0.1) is 13.8 Å². The normalized spacial score (nSPS) is 14.2. The van der Waals surface area contributed by atoms with E-state index in [9.17, 15) is 0 Å². The number of hydrogen-bond acceptors (Lipinski definition) is 6. The maximum atomic E-state index is 4.76. The van der Waals surface area contributed by atoms with Gasteiger partial charge in [-0.3, -0.25) is 0 Å². The van der Waals surface area contributed by atoms with E-state index in [0.717, 1.165) is 56.0 Å². The molecule has 0 atom stereocenters. The maximum Gasteiger partial charge on any atom is 0.227 e. The van der Waals surface area contributed by atoms with Crippen LogP contribution in [-0.2, 0) is 6.54 Å². The Kier molecular flexibility index (Phi) is 5.37. The fraction of sp³-hybridized carbons (Fsp3) is 0.318. The fourth-order valence-electron chi connectivity index (χ4n) is 3.48. The van der Waals surface area contributed by atoms with Crippen molar-refractivity contribution in [1.82, 2.24) is 15.0 Å². The third kappa shape index (κ3) is 4.39. The highest BCUT2D eigenvalue weighted by Crippen LogP contribution is 2.19. The van der Waals surface area contributed by atoms with Gasteiger partial charge in [0, 0.05) is 50.7 Å². The highest BCUT2D eigenvalue weighted by molar-refractivity contribution is 5.46. The van der Waals surface area contributed by atoms with E-state index in [-0.39, 0.29) is 0 Å². The topological polar surface area (TPSA) is 57.2 Å². The molecule has 0 aliphatic carbocycles. The lowest BCUT2D eigenvalue weighted by molar-refractivity contribution is 0.634. The molecular weight excluding hydrogens is 348 g/mol. The van der Waals surface area contributed by atoms with E-state index in [0.29, 0.717) is 0 Å². The van der Waals surface area contributed by atoms with Crippen molar-refractivity contribution in [2.75, 3.05) is 41.3 Å². The van der Waals surface area contributed by atoms with Crippen LogP contribution in [0.2, 0.25) is 0 Å². The largest absolute Gasteiger partial charge is 0.366 e. The Labute approximate surface area is 166 Å². The molecule has 1 aromatic carbocycles. The van der Waals surface area contributed by atoms with Crippen LogP contribution in [0.1, 0.15) is 16.8 Å². The van der Waals surface area contributed by atoms with Gasteiger partial charge in [0.15, 0.2) is 0 Å². The van der Waals surface area contributed by atoms with E-state index in [4.69, 9.17) is 4.98 Å². The Morgan fingerprint density at radius 2 is 1.71 bits per heavy atom. The number of nitrogens with zero attached hydrogens (tertiary/aromatic N) is 5. The summed E-state index contributed by atoms with van der Waals surface area (Å²) in [6, 6.07) is 16.6. The SMILES string of the molecule is Cc1cccc(CNc2cc(C)nc(N3CCN(c4ccccn4)CC3)n2)c1. The van der Waals surface area contributed by atoms with Gasteiger partial charge in [0.2, 0.25) is 5.95 Å². The molecule has 1 N–H and O–H groups in total. The molecule has 3 aromatic rings. The molecular formula is C22H26N6. The van der Waals surface area contributed by atoms with Crippen LogP contribution in [0.25, 0.3) is 0 Å². The molecule has 6 heteroatoms. The first-order chi connectivity index (χ1) is 13.7. The predicted molar refractivity (Wildman–Crippen MR) is 114 cm³/mol. The van der Waals surface area contributed by atoms with Crippen LogP contribution < -0.4 is 15.1 Å². The summed E-state index contributed by atoms with van der Waals surface area (Å²) >= 11 is 0. The third-order valence-corrected chi connectivity index (χ3v) is 4.93. The Bertz CT molecular complexity index is 919. The van der Waals surface area contributed by atoms with Crippen molar-refractivity contribution in [2.24, 2.45) is 0 Å². The van der Waals surface area contributed by atoms with Gasteiger partial charge in [0.1, 0.15) is 11.6 Å². The van der Waals surface area contributed by atoms with Gasteiger partial charge in [-0.15, -0.1) is 0 Å². The molecule has 1 aliphatic heterocycles. The van der Waals surface area contributed by atoms with E-state index >= 15 is 0 Å². The van der Waals surface area contributed by atoms with Crippen molar-refractivity contribution < 1.29 is 0 Å². The second-order valence-corrected chi connectivity index (χ2v) is 7.20. The van der Waals surface area contributed by atoms with Gasteiger partial charge in [-0.05, 0) is 31.5 Å². The van der Waals surface area contributed by atoms with Crippen LogP contribution in [0.3, 0.4) is 0 Å². The molecule has 2 aromatic heterocycles. The maximum absolute atomic E-state index is 4.76. The van der Waals surface area contributed by atoms with Crippen LogP contribution in [0.4, 0.5) is 17.6 Å². The van der Waals surface area contributed by atoms with Gasteiger partial charge in [0.05, 0.1) is 0 Å². The highest BCUT2D eigenvalue weighted by Gasteiger charge is 2.20. The molecule has 6 nitrogen and oxygen atoms in total. The number of pyridine rings is 1. The van der Waals surface area contributed by atoms with Crippen molar-refractivity contribution >= 4 is 17.6 Å². The van der Waals surface area contributed by atoms with E-state index in [1.54, 1.807) is 0 Å². The summed E-state index contributed by atoms with van der Waals surface area (Å²) in [5, 5.41) is 3.44. The van der Waals surface area contributed by atoms with Crippen molar-refractivity contribution in [3.05, 3.63) is 71.5 Å². The molecule has 0 bridgehead atoms. The second-order valence-electron chi connectivity index (χ2n) is 7.20. The smallest absolute Gasteiger partial charge is 0.227 e. The Morgan fingerprint density at radius 1 is 0.893 bits per heavy atom. The van der Waals surface area contributed by atoms with Crippen LogP contribution in [0.5, 0.6) is 0 Å². The summed E-state index contributed by atoms with van der Waals surface area (Å²) in [6.07, 6.45) is 1.84. The lowest BCUT2D eigenvalue weighted by atomic mass is 10.1.